The first-order valence-corrected chi connectivity index (χ1v) is 9.43. The molecule has 0 unspecified atom stereocenters. The lowest BCUT2D eigenvalue weighted by molar-refractivity contribution is -0.125. The summed E-state index contributed by atoms with van der Waals surface area (Å²) >= 11 is 0. The van der Waals surface area contributed by atoms with Gasteiger partial charge in [0.2, 0.25) is 5.91 Å². The van der Waals surface area contributed by atoms with Crippen LogP contribution in [-0.4, -0.2) is 51.9 Å². The second-order valence-corrected chi connectivity index (χ2v) is 6.71. The van der Waals surface area contributed by atoms with Crippen molar-refractivity contribution in [2.45, 2.75) is 31.2 Å². The third kappa shape index (κ3) is 6.52. The first-order valence-electron chi connectivity index (χ1n) is 9.43. The van der Waals surface area contributed by atoms with Gasteiger partial charge in [-0.05, 0) is 18.2 Å². The van der Waals surface area contributed by atoms with Gasteiger partial charge in [-0.3, -0.25) is 4.79 Å². The van der Waals surface area contributed by atoms with Crippen LogP contribution in [0.3, 0.4) is 0 Å². The molecule has 31 heavy (non-hydrogen) atoms. The van der Waals surface area contributed by atoms with Gasteiger partial charge in [0.15, 0.2) is 0 Å². The molecule has 0 radical (unpaired) electrons. The van der Waals surface area contributed by atoms with E-state index in [2.05, 4.69) is 25.9 Å². The number of ether oxygens (including phenoxy) is 1. The largest absolute Gasteiger partial charge is 0.394 e. The lowest BCUT2D eigenvalue weighted by Gasteiger charge is -2.31. The van der Waals surface area contributed by atoms with Crippen LogP contribution in [0.1, 0.15) is 12.1 Å². The number of nitrogens with zero attached hydrogens (tertiary/aromatic N) is 2. The SMILES string of the molecule is O=C(C[C@H]1C=C[C@@H](NC(=O)Nc2cc(F)ccc2F)[C@H](CO)O1)NCc1ccncn1. The molecular formula is C20H21F2N5O4. The number of anilines is 1. The molecule has 1 aliphatic rings. The quantitative estimate of drug-likeness (QED) is 0.488. The van der Waals surface area contributed by atoms with Crippen LogP contribution >= 0.6 is 0 Å². The zero-order valence-electron chi connectivity index (χ0n) is 16.3. The van der Waals surface area contributed by atoms with Crippen molar-refractivity contribution in [2.75, 3.05) is 11.9 Å². The van der Waals surface area contributed by atoms with Gasteiger partial charge in [0.05, 0.1) is 43.1 Å². The Morgan fingerprint density at radius 3 is 2.77 bits per heavy atom. The number of carbonyl (C=O) groups excluding carboxylic acids is 2. The number of carbonyl (C=O) groups is 2. The Bertz CT molecular complexity index is 944. The summed E-state index contributed by atoms with van der Waals surface area (Å²) in [7, 11) is 0. The van der Waals surface area contributed by atoms with E-state index in [0.717, 1.165) is 18.2 Å². The molecule has 0 saturated carbocycles. The smallest absolute Gasteiger partial charge is 0.319 e. The highest BCUT2D eigenvalue weighted by molar-refractivity contribution is 5.89. The summed E-state index contributed by atoms with van der Waals surface area (Å²) in [5.74, 6) is -1.78. The highest BCUT2D eigenvalue weighted by atomic mass is 19.1. The molecule has 0 spiro atoms. The van der Waals surface area contributed by atoms with E-state index in [1.807, 2.05) is 0 Å². The van der Waals surface area contributed by atoms with Crippen molar-refractivity contribution in [3.05, 3.63) is 66.3 Å². The fourth-order valence-corrected chi connectivity index (χ4v) is 2.91. The monoisotopic (exact) mass is 433 g/mol. The molecule has 1 aromatic carbocycles. The van der Waals surface area contributed by atoms with Gasteiger partial charge in [-0.25, -0.2) is 23.5 Å². The van der Waals surface area contributed by atoms with Crippen molar-refractivity contribution in [1.29, 1.82) is 0 Å². The van der Waals surface area contributed by atoms with Crippen LogP contribution in [0, 0.1) is 11.6 Å². The second-order valence-electron chi connectivity index (χ2n) is 6.71. The summed E-state index contributed by atoms with van der Waals surface area (Å²) in [6, 6.07) is 2.81. The standard InChI is InChI=1S/C20H21F2N5O4/c21-12-1-3-15(22)17(7-12)27-20(30)26-16-4-2-14(31-18(16)10-28)8-19(29)24-9-13-5-6-23-11-25-13/h1-7,11,14,16,18,28H,8-10H2,(H,24,29)(H2,26,27,30)/t14-,16-,18+/m1/s1. The van der Waals surface area contributed by atoms with Crippen molar-refractivity contribution < 1.29 is 28.2 Å². The van der Waals surface area contributed by atoms with Gasteiger partial charge in [-0.1, -0.05) is 12.2 Å². The fourth-order valence-electron chi connectivity index (χ4n) is 2.91. The maximum atomic E-state index is 13.7. The third-order valence-corrected chi connectivity index (χ3v) is 4.43. The predicted molar refractivity (Wildman–Crippen MR) is 106 cm³/mol. The van der Waals surface area contributed by atoms with E-state index < -0.39 is 42.5 Å². The van der Waals surface area contributed by atoms with Crippen LogP contribution < -0.4 is 16.0 Å². The van der Waals surface area contributed by atoms with E-state index in [1.54, 1.807) is 24.4 Å². The van der Waals surface area contributed by atoms with Gasteiger partial charge in [0, 0.05) is 12.3 Å². The van der Waals surface area contributed by atoms with E-state index in [0.29, 0.717) is 5.69 Å². The normalized spacial score (nSPS) is 20.2. The zero-order chi connectivity index (χ0) is 22.2. The molecule has 0 bridgehead atoms. The van der Waals surface area contributed by atoms with E-state index in [4.69, 9.17) is 4.74 Å². The summed E-state index contributed by atoms with van der Waals surface area (Å²) in [4.78, 5) is 32.1. The minimum Gasteiger partial charge on any atom is -0.394 e. The molecule has 9 nitrogen and oxygen atoms in total. The number of amides is 3. The van der Waals surface area contributed by atoms with Gasteiger partial charge in [0.25, 0.3) is 0 Å². The Morgan fingerprint density at radius 2 is 2.03 bits per heavy atom. The Kier molecular flexibility index (Phi) is 7.57. The average Bonchev–Trinajstić information content (AvgIpc) is 2.76. The number of aromatic nitrogens is 2. The Balaban J connectivity index is 1.51. The minimum absolute atomic E-state index is 0.00546. The van der Waals surface area contributed by atoms with Gasteiger partial charge < -0.3 is 25.8 Å². The van der Waals surface area contributed by atoms with Crippen LogP contribution in [0.2, 0.25) is 0 Å². The molecule has 2 heterocycles. The molecule has 11 heteroatoms. The second kappa shape index (κ2) is 10.5. The molecular weight excluding hydrogens is 412 g/mol. The molecule has 0 fully saturated rings. The maximum Gasteiger partial charge on any atom is 0.319 e. The number of hydrogen-bond donors (Lipinski definition) is 4. The molecule has 164 valence electrons. The highest BCUT2D eigenvalue weighted by Crippen LogP contribution is 2.18. The fraction of sp³-hybridized carbons (Fsp3) is 0.300. The van der Waals surface area contributed by atoms with E-state index >= 15 is 0 Å². The van der Waals surface area contributed by atoms with Crippen molar-refractivity contribution in [3.8, 4) is 0 Å². The predicted octanol–water partition coefficient (Wildman–Crippen LogP) is 1.27. The maximum absolute atomic E-state index is 13.7. The summed E-state index contributed by atoms with van der Waals surface area (Å²) < 4.78 is 32.6. The molecule has 3 amide bonds. The van der Waals surface area contributed by atoms with Gasteiger partial charge in [0.1, 0.15) is 24.1 Å². The Morgan fingerprint density at radius 1 is 1.19 bits per heavy atom. The Labute approximate surface area is 176 Å². The molecule has 2 aromatic rings. The molecule has 1 aliphatic heterocycles. The number of urea groups is 1. The number of aliphatic hydroxyl groups is 1. The van der Waals surface area contributed by atoms with Crippen LogP contribution in [0.4, 0.5) is 19.3 Å². The highest BCUT2D eigenvalue weighted by Gasteiger charge is 2.29. The number of aliphatic hydroxyl groups excluding tert-OH is 1. The van der Waals surface area contributed by atoms with Crippen LogP contribution in [0.15, 0.2) is 48.9 Å². The lowest BCUT2D eigenvalue weighted by atomic mass is 10.0. The molecule has 3 atom stereocenters. The number of benzene rings is 1. The van der Waals surface area contributed by atoms with Gasteiger partial charge in [-0.15, -0.1) is 0 Å². The summed E-state index contributed by atoms with van der Waals surface area (Å²) in [5, 5.41) is 17.0. The Hall–Kier alpha value is -3.44. The van der Waals surface area contributed by atoms with Crippen LogP contribution in [0.5, 0.6) is 0 Å². The van der Waals surface area contributed by atoms with Crippen LogP contribution in [0.25, 0.3) is 0 Å². The lowest BCUT2D eigenvalue weighted by Crippen LogP contribution is -2.50. The molecule has 1 aromatic heterocycles. The van der Waals surface area contributed by atoms with Crippen LogP contribution in [-0.2, 0) is 16.1 Å². The molecule has 4 N–H and O–H groups in total. The first-order chi connectivity index (χ1) is 14.9. The summed E-state index contributed by atoms with van der Waals surface area (Å²) in [5.41, 5.74) is 0.332. The summed E-state index contributed by atoms with van der Waals surface area (Å²) in [6.07, 6.45) is 4.69. The summed E-state index contributed by atoms with van der Waals surface area (Å²) in [6.45, 7) is -0.190. The number of halogens is 2. The number of hydrogen-bond acceptors (Lipinski definition) is 6. The first kappa shape index (κ1) is 22.2. The number of rotatable bonds is 7. The van der Waals surface area contributed by atoms with Crippen molar-refractivity contribution in [3.63, 3.8) is 0 Å². The molecule has 0 aliphatic carbocycles. The van der Waals surface area contributed by atoms with Gasteiger partial charge >= 0.3 is 6.03 Å². The van der Waals surface area contributed by atoms with E-state index in [-0.39, 0.29) is 24.6 Å². The van der Waals surface area contributed by atoms with E-state index in [9.17, 15) is 23.5 Å². The van der Waals surface area contributed by atoms with E-state index in [1.165, 1.54) is 6.33 Å². The molecule has 3 rings (SSSR count). The number of nitrogens with one attached hydrogen (secondary N) is 3. The third-order valence-electron chi connectivity index (χ3n) is 4.43. The average molecular weight is 433 g/mol. The minimum atomic E-state index is -0.826. The van der Waals surface area contributed by atoms with Crippen molar-refractivity contribution >= 4 is 17.6 Å². The van der Waals surface area contributed by atoms with Crippen molar-refractivity contribution in [1.82, 2.24) is 20.6 Å². The molecule has 0 saturated heterocycles. The van der Waals surface area contributed by atoms with Gasteiger partial charge in [-0.2, -0.15) is 0 Å². The zero-order valence-corrected chi connectivity index (χ0v) is 16.3. The topological polar surface area (TPSA) is 125 Å². The van der Waals surface area contributed by atoms with Crippen molar-refractivity contribution in [2.24, 2.45) is 0 Å².